The number of halogens is 2. The van der Waals surface area contributed by atoms with Crippen LogP contribution in [0, 0.1) is 0 Å². The predicted molar refractivity (Wildman–Crippen MR) is 123 cm³/mol. The maximum Gasteiger partial charge on any atom is 0.271 e. The zero-order valence-electron chi connectivity index (χ0n) is 17.3. The molecule has 0 aliphatic carbocycles. The van der Waals surface area contributed by atoms with Crippen molar-refractivity contribution in [2.24, 2.45) is 5.10 Å². The monoisotopic (exact) mass is 431 g/mol. The molecule has 1 heterocycles. The third kappa shape index (κ3) is 4.76. The van der Waals surface area contributed by atoms with E-state index < -0.39 is 0 Å². The van der Waals surface area contributed by atoms with Crippen LogP contribution >= 0.6 is 23.2 Å². The number of hydrogen-bond acceptors (Lipinski definition) is 3. The van der Waals surface area contributed by atoms with Gasteiger partial charge >= 0.3 is 0 Å². The van der Waals surface area contributed by atoms with Gasteiger partial charge in [0.15, 0.2) is 0 Å². The van der Waals surface area contributed by atoms with Crippen molar-refractivity contribution >= 4 is 41.0 Å². The molecular formula is C23H27Cl2N3O. The summed E-state index contributed by atoms with van der Waals surface area (Å²) in [5.41, 5.74) is 6.69. The van der Waals surface area contributed by atoms with Crippen molar-refractivity contribution in [1.29, 1.82) is 0 Å². The van der Waals surface area contributed by atoms with Crippen LogP contribution in [0.2, 0.25) is 10.0 Å². The molecule has 0 saturated heterocycles. The van der Waals surface area contributed by atoms with Crippen LogP contribution in [0.1, 0.15) is 67.9 Å². The second-order valence-corrected chi connectivity index (χ2v) is 9.03. The lowest BCUT2D eigenvalue weighted by Gasteiger charge is -2.47. The first kappa shape index (κ1) is 21.7. The van der Waals surface area contributed by atoms with E-state index >= 15 is 0 Å². The molecule has 154 valence electrons. The number of nitrogens with one attached hydrogen (secondary N) is 1. The van der Waals surface area contributed by atoms with Gasteiger partial charge in [0, 0.05) is 23.3 Å². The second kappa shape index (κ2) is 8.76. The molecule has 1 N–H and O–H groups in total. The summed E-state index contributed by atoms with van der Waals surface area (Å²) >= 11 is 11.9. The summed E-state index contributed by atoms with van der Waals surface area (Å²) in [5, 5.41) is 4.87. The number of carbonyl (C=O) groups excluding carboxylic acids is 1. The number of benzene rings is 2. The summed E-state index contributed by atoms with van der Waals surface area (Å²) in [7, 11) is 0. The lowest BCUT2D eigenvalue weighted by molar-refractivity contribution is 0.0955. The first-order chi connectivity index (χ1) is 13.7. The number of anilines is 1. The van der Waals surface area contributed by atoms with E-state index in [2.05, 4.69) is 55.3 Å². The van der Waals surface area contributed by atoms with Crippen molar-refractivity contribution < 1.29 is 4.79 Å². The Morgan fingerprint density at radius 2 is 2.00 bits per heavy atom. The van der Waals surface area contributed by atoms with Gasteiger partial charge in [-0.2, -0.15) is 5.10 Å². The second-order valence-electron chi connectivity index (χ2n) is 8.22. The maximum atomic E-state index is 12.2. The highest BCUT2D eigenvalue weighted by molar-refractivity contribution is 6.42. The third-order valence-electron chi connectivity index (χ3n) is 5.42. The standard InChI is InChI=1S/C23H27Cl2N3O/c1-5-10-28-21-9-6-16(11-18(21)15(2)13-23(28,3)4)14-26-27-22(29)17-7-8-19(24)20(25)12-17/h6-9,11-12,14-15H,5,10,13H2,1-4H3,(H,27,29)/b26-14-. The summed E-state index contributed by atoms with van der Waals surface area (Å²) in [4.78, 5) is 14.7. The molecule has 0 aromatic heterocycles. The zero-order valence-corrected chi connectivity index (χ0v) is 18.8. The fourth-order valence-corrected chi connectivity index (χ4v) is 4.40. The van der Waals surface area contributed by atoms with Crippen LogP contribution in [-0.2, 0) is 0 Å². The molecule has 0 spiro atoms. The number of rotatable bonds is 5. The average molecular weight is 432 g/mol. The third-order valence-corrected chi connectivity index (χ3v) is 6.16. The Morgan fingerprint density at radius 3 is 2.69 bits per heavy atom. The Bertz CT molecular complexity index is 940. The molecule has 2 aromatic rings. The average Bonchev–Trinajstić information content (AvgIpc) is 2.67. The van der Waals surface area contributed by atoms with Gasteiger partial charge in [0.2, 0.25) is 0 Å². The molecule has 1 atom stereocenters. The van der Waals surface area contributed by atoms with E-state index in [-0.39, 0.29) is 11.4 Å². The van der Waals surface area contributed by atoms with Gasteiger partial charge in [0.1, 0.15) is 0 Å². The molecular weight excluding hydrogens is 405 g/mol. The SMILES string of the molecule is CCCN1c2ccc(/C=N\NC(=O)c3ccc(Cl)c(Cl)c3)cc2C(C)CC1(C)C. The Balaban J connectivity index is 1.76. The molecule has 1 unspecified atom stereocenters. The van der Waals surface area contributed by atoms with Crippen LogP contribution < -0.4 is 10.3 Å². The Morgan fingerprint density at radius 1 is 1.24 bits per heavy atom. The first-order valence-electron chi connectivity index (χ1n) is 9.93. The fourth-order valence-electron chi connectivity index (χ4n) is 4.10. The number of carbonyl (C=O) groups is 1. The molecule has 6 heteroatoms. The van der Waals surface area contributed by atoms with Crippen molar-refractivity contribution in [3.05, 3.63) is 63.1 Å². The highest BCUT2D eigenvalue weighted by atomic mass is 35.5. The molecule has 2 aromatic carbocycles. The summed E-state index contributed by atoms with van der Waals surface area (Å²) in [6.45, 7) is 10.2. The Hall–Kier alpha value is -2.04. The maximum absolute atomic E-state index is 12.2. The Kier molecular flexibility index (Phi) is 6.55. The van der Waals surface area contributed by atoms with Gasteiger partial charge in [0.25, 0.3) is 5.91 Å². The predicted octanol–water partition coefficient (Wildman–Crippen LogP) is 6.26. The minimum Gasteiger partial charge on any atom is -0.366 e. The van der Waals surface area contributed by atoms with Crippen molar-refractivity contribution in [2.75, 3.05) is 11.4 Å². The molecule has 0 fully saturated rings. The van der Waals surface area contributed by atoms with E-state index in [0.29, 0.717) is 21.5 Å². The summed E-state index contributed by atoms with van der Waals surface area (Å²) in [5.74, 6) is 0.134. The molecule has 29 heavy (non-hydrogen) atoms. The molecule has 3 rings (SSSR count). The minimum atomic E-state index is -0.331. The minimum absolute atomic E-state index is 0.145. The van der Waals surface area contributed by atoms with Crippen LogP contribution in [-0.4, -0.2) is 24.2 Å². The Labute approximate surface area is 182 Å². The van der Waals surface area contributed by atoms with Gasteiger partial charge in [-0.25, -0.2) is 5.43 Å². The van der Waals surface area contributed by atoms with Crippen molar-refractivity contribution in [3.8, 4) is 0 Å². The van der Waals surface area contributed by atoms with Gasteiger partial charge in [-0.15, -0.1) is 0 Å². The quantitative estimate of drug-likeness (QED) is 0.448. The van der Waals surface area contributed by atoms with Gasteiger partial charge in [-0.05, 0) is 74.1 Å². The number of hydrogen-bond donors (Lipinski definition) is 1. The van der Waals surface area contributed by atoms with Crippen LogP contribution in [0.4, 0.5) is 5.69 Å². The summed E-state index contributed by atoms with van der Waals surface area (Å²) in [6, 6.07) is 11.1. The normalized spacial score (nSPS) is 18.0. The van der Waals surface area contributed by atoms with Crippen LogP contribution in [0.25, 0.3) is 0 Å². The first-order valence-corrected chi connectivity index (χ1v) is 10.7. The number of hydrazone groups is 1. The van der Waals surface area contributed by atoms with E-state index in [1.807, 2.05) is 6.07 Å². The molecule has 0 bridgehead atoms. The zero-order chi connectivity index (χ0) is 21.2. The topological polar surface area (TPSA) is 44.7 Å². The highest BCUT2D eigenvalue weighted by Crippen LogP contribution is 2.43. The molecule has 0 radical (unpaired) electrons. The lowest BCUT2D eigenvalue weighted by Crippen LogP contribution is -2.48. The van der Waals surface area contributed by atoms with E-state index in [0.717, 1.165) is 24.9 Å². The molecule has 1 amide bonds. The lowest BCUT2D eigenvalue weighted by atomic mass is 9.79. The molecule has 1 aliphatic heterocycles. The fraction of sp³-hybridized carbons (Fsp3) is 0.391. The number of amides is 1. The number of nitrogens with zero attached hydrogens (tertiary/aromatic N) is 2. The van der Waals surface area contributed by atoms with Gasteiger partial charge in [0.05, 0.1) is 16.3 Å². The molecule has 0 saturated carbocycles. The van der Waals surface area contributed by atoms with Crippen molar-refractivity contribution in [1.82, 2.24) is 5.43 Å². The van der Waals surface area contributed by atoms with E-state index in [1.165, 1.54) is 17.3 Å². The van der Waals surface area contributed by atoms with Crippen molar-refractivity contribution in [2.45, 2.75) is 52.0 Å². The largest absolute Gasteiger partial charge is 0.366 e. The van der Waals surface area contributed by atoms with Crippen LogP contribution in [0.15, 0.2) is 41.5 Å². The number of fused-ring (bicyclic) bond motifs is 1. The summed E-state index contributed by atoms with van der Waals surface area (Å²) in [6.07, 6.45) is 3.89. The van der Waals surface area contributed by atoms with Crippen LogP contribution in [0.3, 0.4) is 0 Å². The highest BCUT2D eigenvalue weighted by Gasteiger charge is 2.35. The van der Waals surface area contributed by atoms with Gasteiger partial charge < -0.3 is 4.90 Å². The van der Waals surface area contributed by atoms with Crippen LogP contribution in [0.5, 0.6) is 0 Å². The van der Waals surface area contributed by atoms with Gasteiger partial charge in [-0.1, -0.05) is 43.1 Å². The molecule has 1 aliphatic rings. The van der Waals surface area contributed by atoms with E-state index in [4.69, 9.17) is 23.2 Å². The van der Waals surface area contributed by atoms with Gasteiger partial charge in [-0.3, -0.25) is 4.79 Å². The molecule has 4 nitrogen and oxygen atoms in total. The smallest absolute Gasteiger partial charge is 0.271 e. The van der Waals surface area contributed by atoms with E-state index in [1.54, 1.807) is 18.3 Å². The van der Waals surface area contributed by atoms with E-state index in [9.17, 15) is 4.79 Å². The van der Waals surface area contributed by atoms with Crippen molar-refractivity contribution in [3.63, 3.8) is 0 Å². The summed E-state index contributed by atoms with van der Waals surface area (Å²) < 4.78 is 0.